The molecule has 9 nitrogen and oxygen atoms in total. The van der Waals surface area contributed by atoms with Crippen LogP contribution in [0.2, 0.25) is 10.0 Å². The van der Waals surface area contributed by atoms with Gasteiger partial charge in [0.15, 0.2) is 11.4 Å². The van der Waals surface area contributed by atoms with Crippen LogP contribution in [0.1, 0.15) is 25.3 Å². The van der Waals surface area contributed by atoms with Crippen LogP contribution < -0.4 is 15.3 Å². The lowest BCUT2D eigenvalue weighted by Gasteiger charge is -2.40. The molecule has 4 aromatic rings. The van der Waals surface area contributed by atoms with Gasteiger partial charge in [0, 0.05) is 37.6 Å². The van der Waals surface area contributed by atoms with Crippen molar-refractivity contribution in [2.24, 2.45) is 0 Å². The molecule has 1 amide bonds. The van der Waals surface area contributed by atoms with Gasteiger partial charge in [-0.3, -0.25) is 9.78 Å². The number of fused-ring (bicyclic) bond motifs is 2. The van der Waals surface area contributed by atoms with Crippen LogP contribution in [0, 0.1) is 5.82 Å². The monoisotopic (exact) mass is 594 g/mol. The number of nitrogens with zero attached hydrogens (tertiary/aromatic N) is 6. The summed E-state index contributed by atoms with van der Waals surface area (Å²) in [6, 6.07) is 5.77. The fraction of sp³-hybridized carbons (Fsp3) is 0.276. The van der Waals surface area contributed by atoms with Gasteiger partial charge in [-0.05, 0) is 29.7 Å². The van der Waals surface area contributed by atoms with Gasteiger partial charge in [-0.15, -0.1) is 0 Å². The molecule has 1 fully saturated rings. The fourth-order valence-electron chi connectivity index (χ4n) is 5.44. The number of hydrogen-bond acceptors (Lipinski definition) is 7. The molecule has 0 spiro atoms. The molecular formula is C29H25Cl2FN6O3. The molecule has 0 aliphatic carbocycles. The Kier molecular flexibility index (Phi) is 6.91. The molecule has 210 valence electrons. The zero-order valence-corrected chi connectivity index (χ0v) is 23.8. The van der Waals surface area contributed by atoms with E-state index in [1.54, 1.807) is 29.3 Å². The lowest BCUT2D eigenvalue weighted by molar-refractivity contribution is -0.126. The maximum Gasteiger partial charge on any atom is 0.355 e. The molecule has 1 aromatic carbocycles. The van der Waals surface area contributed by atoms with Gasteiger partial charge in [0.2, 0.25) is 5.91 Å². The minimum absolute atomic E-state index is 0.0533. The standard InChI is InChI=1S/C29H25Cl2FN6O3/c1-4-21(39)36-9-10-37-16(13-36)14-41-26-22-27(37)35-29(40)38(25-18(15(2)3)11-33-12-19(25)30)28(22)34-24(23(26)31)17-7-5-6-8-20(17)32/h4-8,11-12,15-16H,1,9-10,13-14H2,2-3H3/t16-/m1/s1. The normalized spacial score (nSPS) is 16.4. The van der Waals surface area contributed by atoms with E-state index in [9.17, 15) is 9.59 Å². The van der Waals surface area contributed by atoms with Gasteiger partial charge in [0.25, 0.3) is 0 Å². The summed E-state index contributed by atoms with van der Waals surface area (Å²) in [7, 11) is 0. The smallest absolute Gasteiger partial charge is 0.355 e. The molecule has 1 atom stereocenters. The van der Waals surface area contributed by atoms with E-state index in [1.165, 1.54) is 22.9 Å². The predicted molar refractivity (Wildman–Crippen MR) is 156 cm³/mol. The van der Waals surface area contributed by atoms with Gasteiger partial charge in [-0.25, -0.2) is 18.7 Å². The molecule has 0 saturated carbocycles. The summed E-state index contributed by atoms with van der Waals surface area (Å²) in [4.78, 5) is 43.5. The van der Waals surface area contributed by atoms with Crippen LogP contribution in [0.15, 0.2) is 54.1 Å². The van der Waals surface area contributed by atoms with Gasteiger partial charge in [-0.2, -0.15) is 4.98 Å². The predicted octanol–water partition coefficient (Wildman–Crippen LogP) is 5.01. The highest BCUT2D eigenvalue weighted by Crippen LogP contribution is 2.45. The van der Waals surface area contributed by atoms with E-state index in [0.717, 1.165) is 0 Å². The number of benzene rings is 1. The van der Waals surface area contributed by atoms with Crippen LogP contribution in [-0.4, -0.2) is 62.6 Å². The minimum Gasteiger partial charge on any atom is -0.489 e. The summed E-state index contributed by atoms with van der Waals surface area (Å²) in [6.45, 7) is 8.74. The Morgan fingerprint density at radius 2 is 1.98 bits per heavy atom. The highest BCUT2D eigenvalue weighted by molar-refractivity contribution is 6.36. The highest BCUT2D eigenvalue weighted by atomic mass is 35.5. The number of carbonyl (C=O) groups excluding carboxylic acids is 1. The maximum absolute atomic E-state index is 15.1. The third kappa shape index (κ3) is 4.42. The molecule has 2 aliphatic heterocycles. The lowest BCUT2D eigenvalue weighted by atomic mass is 10.0. The van der Waals surface area contributed by atoms with Crippen molar-refractivity contribution in [3.63, 3.8) is 0 Å². The van der Waals surface area contributed by atoms with Gasteiger partial charge in [0.05, 0.1) is 22.4 Å². The summed E-state index contributed by atoms with van der Waals surface area (Å²) >= 11 is 13.6. The van der Waals surface area contributed by atoms with Gasteiger partial charge >= 0.3 is 5.69 Å². The first kappa shape index (κ1) is 27.2. The maximum atomic E-state index is 15.1. The van der Waals surface area contributed by atoms with Crippen molar-refractivity contribution >= 4 is 46.0 Å². The number of anilines is 1. The minimum atomic E-state index is -0.631. The molecular weight excluding hydrogens is 570 g/mol. The van der Waals surface area contributed by atoms with Crippen LogP contribution in [0.25, 0.3) is 28.0 Å². The molecule has 3 aromatic heterocycles. The second kappa shape index (κ2) is 10.4. The molecule has 41 heavy (non-hydrogen) atoms. The molecule has 6 rings (SSSR count). The molecule has 12 heteroatoms. The molecule has 0 unspecified atom stereocenters. The molecule has 2 aliphatic rings. The zero-order valence-electron chi connectivity index (χ0n) is 22.3. The van der Waals surface area contributed by atoms with Crippen LogP contribution in [-0.2, 0) is 4.79 Å². The van der Waals surface area contributed by atoms with Gasteiger partial charge in [-0.1, -0.05) is 55.8 Å². The number of aromatic nitrogens is 4. The topological polar surface area (TPSA) is 93.5 Å². The average Bonchev–Trinajstić information content (AvgIpc) is 3.12. The third-order valence-corrected chi connectivity index (χ3v) is 8.07. The number of rotatable bonds is 4. The quantitative estimate of drug-likeness (QED) is 0.307. The first-order valence-corrected chi connectivity index (χ1v) is 13.8. The van der Waals surface area contributed by atoms with E-state index in [4.69, 9.17) is 32.9 Å². The Labute approximate surface area is 244 Å². The number of ether oxygens (including phenoxy) is 1. The average molecular weight is 595 g/mol. The van der Waals surface area contributed by atoms with E-state index in [0.29, 0.717) is 42.1 Å². The summed E-state index contributed by atoms with van der Waals surface area (Å²) in [6.07, 6.45) is 4.36. The Bertz CT molecular complexity index is 1790. The van der Waals surface area contributed by atoms with Crippen LogP contribution >= 0.6 is 23.2 Å². The lowest BCUT2D eigenvalue weighted by Crippen LogP contribution is -2.56. The zero-order chi connectivity index (χ0) is 29.0. The molecule has 0 radical (unpaired) electrons. The molecule has 5 heterocycles. The summed E-state index contributed by atoms with van der Waals surface area (Å²) in [5.74, 6) is -0.239. The summed E-state index contributed by atoms with van der Waals surface area (Å²) < 4.78 is 22.7. The van der Waals surface area contributed by atoms with E-state index < -0.39 is 11.5 Å². The van der Waals surface area contributed by atoms with Gasteiger partial charge < -0.3 is 14.5 Å². The van der Waals surface area contributed by atoms with E-state index >= 15 is 4.39 Å². The van der Waals surface area contributed by atoms with E-state index in [2.05, 4.69) is 16.5 Å². The number of piperazine rings is 1. The van der Waals surface area contributed by atoms with Crippen LogP contribution in [0.4, 0.5) is 10.2 Å². The number of hydrogen-bond donors (Lipinski definition) is 0. The second-order valence-electron chi connectivity index (χ2n) is 10.2. The second-order valence-corrected chi connectivity index (χ2v) is 11.0. The van der Waals surface area contributed by atoms with Crippen molar-refractivity contribution in [3.8, 4) is 22.7 Å². The van der Waals surface area contributed by atoms with Crippen LogP contribution in [0.3, 0.4) is 0 Å². The van der Waals surface area contributed by atoms with Crippen molar-refractivity contribution in [1.29, 1.82) is 0 Å². The number of halogens is 3. The van der Waals surface area contributed by atoms with Gasteiger partial charge in [0.1, 0.15) is 28.7 Å². The highest BCUT2D eigenvalue weighted by Gasteiger charge is 2.37. The third-order valence-electron chi connectivity index (χ3n) is 7.44. The Hall–Kier alpha value is -4.02. The first-order valence-electron chi connectivity index (χ1n) is 13.1. The number of amides is 1. The first-order chi connectivity index (χ1) is 19.7. The van der Waals surface area contributed by atoms with E-state index in [-0.39, 0.29) is 57.2 Å². The Morgan fingerprint density at radius 1 is 1.20 bits per heavy atom. The van der Waals surface area contributed by atoms with Crippen molar-refractivity contribution in [2.75, 3.05) is 31.1 Å². The van der Waals surface area contributed by atoms with Crippen molar-refractivity contribution < 1.29 is 13.9 Å². The Balaban J connectivity index is 1.70. The van der Waals surface area contributed by atoms with Crippen LogP contribution in [0.5, 0.6) is 5.75 Å². The SMILES string of the molecule is C=CC(=O)N1CCN2c3nc(=O)n(-c4c(Cl)cncc4C(C)C)c4nc(-c5ccccc5F)c(Cl)c(c34)OC[C@H]2C1. The number of pyridine rings is 2. The molecule has 0 N–H and O–H groups in total. The Morgan fingerprint density at radius 3 is 2.71 bits per heavy atom. The number of carbonyl (C=O) groups is 1. The molecule has 1 saturated heterocycles. The van der Waals surface area contributed by atoms with E-state index in [1.807, 2.05) is 18.7 Å². The molecule has 0 bridgehead atoms. The van der Waals surface area contributed by atoms with Crippen molar-refractivity contribution in [3.05, 3.63) is 81.2 Å². The summed E-state index contributed by atoms with van der Waals surface area (Å²) in [5.41, 5.74) is 0.865. The summed E-state index contributed by atoms with van der Waals surface area (Å²) in [5, 5.41) is 0.702. The fourth-order valence-corrected chi connectivity index (χ4v) is 5.99. The largest absolute Gasteiger partial charge is 0.489 e. The van der Waals surface area contributed by atoms with Crippen molar-refractivity contribution in [2.45, 2.75) is 25.8 Å². The van der Waals surface area contributed by atoms with Crippen molar-refractivity contribution in [1.82, 2.24) is 24.4 Å².